The van der Waals surface area contributed by atoms with Gasteiger partial charge in [-0.25, -0.2) is 9.59 Å². The third-order valence-electron chi connectivity index (χ3n) is 3.68. The second-order valence-electron chi connectivity index (χ2n) is 5.87. The Morgan fingerprint density at radius 3 is 2.29 bits per heavy atom. The van der Waals surface area contributed by atoms with Gasteiger partial charge in [-0.05, 0) is 36.4 Å². The molecule has 0 aliphatic carbocycles. The number of anilines is 2. The lowest BCUT2D eigenvalue weighted by Gasteiger charge is -2.08. The van der Waals surface area contributed by atoms with Crippen molar-refractivity contribution in [3.63, 3.8) is 0 Å². The first kappa shape index (κ1) is 18.8. The molecule has 0 saturated carbocycles. The third-order valence-corrected chi connectivity index (χ3v) is 3.68. The van der Waals surface area contributed by atoms with E-state index in [2.05, 4.69) is 10.6 Å². The van der Waals surface area contributed by atoms with Crippen LogP contribution in [0.4, 0.5) is 11.4 Å². The third kappa shape index (κ3) is 4.61. The van der Waals surface area contributed by atoms with E-state index >= 15 is 0 Å². The van der Waals surface area contributed by atoms with Gasteiger partial charge in [0.05, 0.1) is 0 Å². The van der Waals surface area contributed by atoms with E-state index in [1.165, 1.54) is 13.0 Å². The van der Waals surface area contributed by atoms with E-state index < -0.39 is 24.1 Å². The molecule has 8 heteroatoms. The van der Waals surface area contributed by atoms with Crippen LogP contribution in [0.3, 0.4) is 0 Å². The topological polar surface area (TPSA) is 115 Å². The largest absolute Gasteiger partial charge is 0.452 e. The number of ether oxygens (including phenoxy) is 1. The zero-order valence-corrected chi connectivity index (χ0v) is 14.9. The maximum atomic E-state index is 12.1. The second-order valence-corrected chi connectivity index (χ2v) is 5.87. The van der Waals surface area contributed by atoms with Gasteiger partial charge in [0, 0.05) is 23.7 Å². The number of hydrogen-bond acceptors (Lipinski definition) is 6. The highest BCUT2D eigenvalue weighted by molar-refractivity contribution is 5.97. The first-order chi connectivity index (χ1) is 13.4. The molecule has 2 N–H and O–H groups in total. The van der Waals surface area contributed by atoms with Crippen LogP contribution in [-0.2, 0) is 14.3 Å². The lowest BCUT2D eigenvalue weighted by atomic mass is 10.2. The number of benzene rings is 2. The Morgan fingerprint density at radius 1 is 0.964 bits per heavy atom. The predicted molar refractivity (Wildman–Crippen MR) is 102 cm³/mol. The molecule has 0 radical (unpaired) electrons. The van der Waals surface area contributed by atoms with Gasteiger partial charge < -0.3 is 19.8 Å². The lowest BCUT2D eigenvalue weighted by molar-refractivity contribution is -0.119. The van der Waals surface area contributed by atoms with Crippen LogP contribution in [0.25, 0.3) is 11.0 Å². The molecule has 0 spiro atoms. The molecule has 0 bridgehead atoms. The zero-order valence-electron chi connectivity index (χ0n) is 14.9. The first-order valence-corrected chi connectivity index (χ1v) is 8.30. The summed E-state index contributed by atoms with van der Waals surface area (Å²) >= 11 is 0. The van der Waals surface area contributed by atoms with Crippen molar-refractivity contribution in [1.29, 1.82) is 0 Å². The fraction of sp³-hybridized carbons (Fsp3) is 0.100. The van der Waals surface area contributed by atoms with Crippen LogP contribution in [0.2, 0.25) is 0 Å². The highest BCUT2D eigenvalue weighted by atomic mass is 16.5. The number of hydrogen-bond donors (Lipinski definition) is 2. The molecule has 0 fully saturated rings. The Morgan fingerprint density at radius 2 is 1.61 bits per heavy atom. The summed E-state index contributed by atoms with van der Waals surface area (Å²) < 4.78 is 9.97. The number of amides is 2. The molecule has 2 aromatic carbocycles. The van der Waals surface area contributed by atoms with E-state index in [0.29, 0.717) is 22.3 Å². The minimum atomic E-state index is -0.948. The molecular weight excluding hydrogens is 364 g/mol. The SMILES string of the molecule is CC(=O)Nc1ccc(NC(=O)COC(=O)c2cc3ccccc3oc2=O)cc1. The van der Waals surface area contributed by atoms with Crippen molar-refractivity contribution in [1.82, 2.24) is 0 Å². The van der Waals surface area contributed by atoms with Crippen molar-refractivity contribution in [3.8, 4) is 0 Å². The normalized spacial score (nSPS) is 10.3. The van der Waals surface area contributed by atoms with Gasteiger partial charge in [0.2, 0.25) is 5.91 Å². The van der Waals surface area contributed by atoms with E-state index in [4.69, 9.17) is 9.15 Å². The van der Waals surface area contributed by atoms with Crippen molar-refractivity contribution in [3.05, 3.63) is 70.6 Å². The fourth-order valence-electron chi connectivity index (χ4n) is 2.45. The van der Waals surface area contributed by atoms with Gasteiger partial charge >= 0.3 is 11.6 Å². The van der Waals surface area contributed by atoms with E-state index in [-0.39, 0.29) is 11.5 Å². The summed E-state index contributed by atoms with van der Waals surface area (Å²) in [5, 5.41) is 5.71. The Balaban J connectivity index is 1.60. The molecule has 0 unspecified atom stereocenters. The van der Waals surface area contributed by atoms with Crippen molar-refractivity contribution < 1.29 is 23.5 Å². The van der Waals surface area contributed by atoms with Crippen molar-refractivity contribution in [2.75, 3.05) is 17.2 Å². The quantitative estimate of drug-likeness (QED) is 0.519. The summed E-state index contributed by atoms with van der Waals surface area (Å²) in [7, 11) is 0. The van der Waals surface area contributed by atoms with E-state index in [1.54, 1.807) is 48.5 Å². The summed E-state index contributed by atoms with van der Waals surface area (Å²) in [6.07, 6.45) is 0. The number of fused-ring (bicyclic) bond motifs is 1. The molecule has 0 saturated heterocycles. The number of carbonyl (C=O) groups excluding carboxylic acids is 3. The predicted octanol–water partition coefficient (Wildman–Crippen LogP) is 2.55. The van der Waals surface area contributed by atoms with Gasteiger partial charge in [0.25, 0.3) is 5.91 Å². The molecule has 3 aromatic rings. The van der Waals surface area contributed by atoms with Crippen LogP contribution >= 0.6 is 0 Å². The Kier molecular flexibility index (Phi) is 5.50. The standard InChI is InChI=1S/C20H16N2O6/c1-12(23)21-14-6-8-15(9-7-14)22-18(24)11-27-19(25)16-10-13-4-2-3-5-17(13)28-20(16)26/h2-10H,11H2,1H3,(H,21,23)(H,22,24). The molecule has 1 aromatic heterocycles. The Labute approximate surface area is 159 Å². The first-order valence-electron chi connectivity index (χ1n) is 8.30. The van der Waals surface area contributed by atoms with Crippen LogP contribution in [0.5, 0.6) is 0 Å². The zero-order chi connectivity index (χ0) is 20.1. The average Bonchev–Trinajstić information content (AvgIpc) is 2.66. The van der Waals surface area contributed by atoms with E-state index in [0.717, 1.165) is 0 Å². The molecule has 2 amide bonds. The minimum Gasteiger partial charge on any atom is -0.452 e. The Bertz CT molecular complexity index is 1100. The number of nitrogens with one attached hydrogen (secondary N) is 2. The van der Waals surface area contributed by atoms with Crippen LogP contribution < -0.4 is 16.3 Å². The van der Waals surface area contributed by atoms with Gasteiger partial charge in [-0.1, -0.05) is 18.2 Å². The maximum absolute atomic E-state index is 12.1. The fourth-order valence-corrected chi connectivity index (χ4v) is 2.45. The van der Waals surface area contributed by atoms with Crippen LogP contribution in [0.1, 0.15) is 17.3 Å². The maximum Gasteiger partial charge on any atom is 0.351 e. The summed E-state index contributed by atoms with van der Waals surface area (Å²) in [5.41, 5.74) is 0.272. The lowest BCUT2D eigenvalue weighted by Crippen LogP contribution is -2.23. The highest BCUT2D eigenvalue weighted by Gasteiger charge is 2.16. The van der Waals surface area contributed by atoms with Crippen LogP contribution in [-0.4, -0.2) is 24.4 Å². The monoisotopic (exact) mass is 380 g/mol. The Hall–Kier alpha value is -3.94. The van der Waals surface area contributed by atoms with Crippen molar-refractivity contribution in [2.45, 2.75) is 6.92 Å². The summed E-state index contributed by atoms with van der Waals surface area (Å²) in [6.45, 7) is 0.818. The average molecular weight is 380 g/mol. The van der Waals surface area contributed by atoms with Gasteiger partial charge in [-0.3, -0.25) is 9.59 Å². The minimum absolute atomic E-state index is 0.207. The number of rotatable bonds is 5. The van der Waals surface area contributed by atoms with Gasteiger partial charge in [-0.15, -0.1) is 0 Å². The molecule has 142 valence electrons. The number of carbonyl (C=O) groups is 3. The molecule has 1 heterocycles. The number of esters is 1. The molecule has 3 rings (SSSR count). The summed E-state index contributed by atoms with van der Waals surface area (Å²) in [5.74, 6) is -1.73. The van der Waals surface area contributed by atoms with Gasteiger partial charge in [-0.2, -0.15) is 0 Å². The summed E-state index contributed by atoms with van der Waals surface area (Å²) in [4.78, 5) is 47.0. The van der Waals surface area contributed by atoms with Crippen LogP contribution in [0.15, 0.2) is 63.8 Å². The van der Waals surface area contributed by atoms with Gasteiger partial charge in [0.1, 0.15) is 11.1 Å². The number of para-hydroxylation sites is 1. The summed E-state index contributed by atoms with van der Waals surface area (Å²) in [6, 6.07) is 14.5. The smallest absolute Gasteiger partial charge is 0.351 e. The van der Waals surface area contributed by atoms with Gasteiger partial charge in [0.15, 0.2) is 6.61 Å². The van der Waals surface area contributed by atoms with Crippen molar-refractivity contribution >= 4 is 40.1 Å². The van der Waals surface area contributed by atoms with Crippen LogP contribution in [0, 0.1) is 0 Å². The molecule has 8 nitrogen and oxygen atoms in total. The molecular formula is C20H16N2O6. The molecule has 28 heavy (non-hydrogen) atoms. The molecule has 0 atom stereocenters. The molecule has 0 aliphatic rings. The van der Waals surface area contributed by atoms with Crippen molar-refractivity contribution in [2.24, 2.45) is 0 Å². The highest BCUT2D eigenvalue weighted by Crippen LogP contribution is 2.14. The van der Waals surface area contributed by atoms with E-state index in [9.17, 15) is 19.2 Å². The second kappa shape index (κ2) is 8.17. The van der Waals surface area contributed by atoms with E-state index in [1.807, 2.05) is 0 Å². The molecule has 0 aliphatic heterocycles.